The molecule has 1 aliphatic rings. The maximum atomic E-state index is 10.3. The van der Waals surface area contributed by atoms with Gasteiger partial charge in [0, 0.05) is 0 Å². The van der Waals surface area contributed by atoms with Crippen LogP contribution in [0.3, 0.4) is 0 Å². The molecule has 1 heterocycles. The zero-order valence-electron chi connectivity index (χ0n) is 5.79. The Morgan fingerprint density at radius 2 is 1.62 bits per heavy atom. The van der Waals surface area contributed by atoms with Crippen LogP contribution in [0.4, 0.5) is 0 Å². The predicted octanol–water partition coefficient (Wildman–Crippen LogP) is -0.914. The minimum Gasteiger partial charge on any atom is -0.451 e. The molecule has 1 fully saturated rings. The Morgan fingerprint density at radius 1 is 1.25 bits per heavy atom. The molecule has 1 aliphatic heterocycles. The Hall–Kier alpha value is -1.06. The minimum atomic E-state index is -1.62. The largest absolute Gasteiger partial charge is 0.451 e. The number of ether oxygens (including phenoxy) is 2. The van der Waals surface area contributed by atoms with Gasteiger partial charge in [0.15, 0.2) is 13.2 Å². The molecule has 1 rings (SSSR count). The summed E-state index contributed by atoms with van der Waals surface area (Å²) >= 11 is 0. The summed E-state index contributed by atoms with van der Waals surface area (Å²) in [7, 11) is 0. The van der Waals surface area contributed by atoms with Crippen LogP contribution in [0, 0.1) is 0 Å². The fourth-order valence-electron chi connectivity index (χ4n) is 0.268. The molecular weight excluding hydrogens is 112 g/mol. The van der Waals surface area contributed by atoms with Crippen LogP contribution >= 0.6 is 0 Å². The second kappa shape index (κ2) is 1.81. The molecule has 0 radical (unpaired) electrons. The zero-order valence-corrected chi connectivity index (χ0v) is 3.79. The van der Waals surface area contributed by atoms with Crippen molar-refractivity contribution in [1.82, 2.24) is 0 Å². The molecule has 44 valence electrons. The molecule has 0 amide bonds. The topological polar surface area (TPSA) is 52.6 Å². The van der Waals surface area contributed by atoms with Crippen LogP contribution in [0.5, 0.6) is 0 Å². The van der Waals surface area contributed by atoms with Crippen molar-refractivity contribution >= 4 is 11.9 Å². The van der Waals surface area contributed by atoms with Crippen molar-refractivity contribution in [3.63, 3.8) is 0 Å². The van der Waals surface area contributed by atoms with Crippen LogP contribution in [-0.4, -0.2) is 25.1 Å². The van der Waals surface area contributed by atoms with Gasteiger partial charge in [0.05, 0.1) is 2.74 Å². The maximum absolute atomic E-state index is 10.3. The Kier molecular flexibility index (Phi) is 0.695. The number of carbonyl (C=O) groups excluding carboxylic acids is 2. The van der Waals surface area contributed by atoms with E-state index in [-0.39, 0.29) is 0 Å². The molecule has 0 N–H and O–H groups in total. The monoisotopic (exact) mass is 118 g/mol. The quantitative estimate of drug-likeness (QED) is 0.386. The van der Waals surface area contributed by atoms with E-state index in [4.69, 9.17) is 2.74 Å². The fourth-order valence-corrected chi connectivity index (χ4v) is 0.268. The van der Waals surface area contributed by atoms with Crippen LogP contribution in [0.1, 0.15) is 2.74 Å². The molecule has 0 bridgehead atoms. The third kappa shape index (κ3) is 0.959. The Labute approximate surface area is 48.2 Å². The van der Waals surface area contributed by atoms with Crippen molar-refractivity contribution in [3.05, 3.63) is 0 Å². The first-order valence-corrected chi connectivity index (χ1v) is 1.87. The average molecular weight is 118 g/mol. The van der Waals surface area contributed by atoms with E-state index >= 15 is 0 Å². The molecule has 0 aromatic rings. The highest BCUT2D eigenvalue weighted by Gasteiger charge is 2.16. The van der Waals surface area contributed by atoms with Crippen LogP contribution in [0.15, 0.2) is 0 Å². The number of carbonyl (C=O) groups is 2. The lowest BCUT2D eigenvalue weighted by molar-refractivity contribution is -0.174. The molecule has 4 nitrogen and oxygen atoms in total. The number of cyclic esters (lactones) is 2. The van der Waals surface area contributed by atoms with Gasteiger partial charge in [-0.25, -0.2) is 9.59 Å². The molecule has 0 aliphatic carbocycles. The van der Waals surface area contributed by atoms with E-state index in [0.29, 0.717) is 0 Å². The van der Waals surface area contributed by atoms with E-state index in [2.05, 4.69) is 9.47 Å². The fraction of sp³-hybridized carbons (Fsp3) is 0.500. The van der Waals surface area contributed by atoms with Gasteiger partial charge < -0.3 is 9.47 Å². The summed E-state index contributed by atoms with van der Waals surface area (Å²) in [6.07, 6.45) is 0. The molecule has 0 spiro atoms. The van der Waals surface area contributed by atoms with Gasteiger partial charge in [0.25, 0.3) is 0 Å². The van der Waals surface area contributed by atoms with E-state index in [0.717, 1.165) is 0 Å². The Morgan fingerprint density at radius 3 is 2.00 bits per heavy atom. The minimum absolute atomic E-state index is 1.00. The third-order valence-corrected chi connectivity index (χ3v) is 0.543. The summed E-state index contributed by atoms with van der Waals surface area (Å²) in [6, 6.07) is 0. The molecule has 4 heteroatoms. The molecule has 0 aromatic carbocycles. The lowest BCUT2D eigenvalue weighted by atomic mass is 10.6. The van der Waals surface area contributed by atoms with Gasteiger partial charge in [-0.1, -0.05) is 0 Å². The van der Waals surface area contributed by atoms with E-state index in [9.17, 15) is 9.59 Å². The van der Waals surface area contributed by atoms with E-state index in [1.54, 1.807) is 0 Å². The number of hydrogen-bond donors (Lipinski definition) is 0. The summed E-state index contributed by atoms with van der Waals surface area (Å²) in [4.78, 5) is 20.7. The Balaban J connectivity index is 2.63. The second-order valence-corrected chi connectivity index (χ2v) is 1.11. The van der Waals surface area contributed by atoms with Gasteiger partial charge >= 0.3 is 11.9 Å². The van der Waals surface area contributed by atoms with Crippen molar-refractivity contribution in [3.8, 4) is 0 Å². The first kappa shape index (κ1) is 3.06. The van der Waals surface area contributed by atoms with E-state index < -0.39 is 25.1 Å². The van der Waals surface area contributed by atoms with Crippen LogP contribution in [-0.2, 0) is 19.1 Å². The molecule has 8 heavy (non-hydrogen) atoms. The molecule has 0 saturated carbocycles. The van der Waals surface area contributed by atoms with Gasteiger partial charge in [-0.3, -0.25) is 0 Å². The second-order valence-electron chi connectivity index (χ2n) is 1.11. The van der Waals surface area contributed by atoms with Gasteiger partial charge in [0.2, 0.25) is 0 Å². The highest BCUT2D eigenvalue weighted by molar-refractivity contribution is 5.82. The molecule has 1 saturated heterocycles. The van der Waals surface area contributed by atoms with Crippen molar-refractivity contribution < 1.29 is 21.8 Å². The predicted molar refractivity (Wildman–Crippen MR) is 21.9 cm³/mol. The highest BCUT2D eigenvalue weighted by Crippen LogP contribution is 1.90. The third-order valence-electron chi connectivity index (χ3n) is 0.543. The molecule has 2 unspecified atom stereocenters. The van der Waals surface area contributed by atoms with Gasteiger partial charge in [-0.05, 0) is 0 Å². The van der Waals surface area contributed by atoms with Crippen molar-refractivity contribution in [1.29, 1.82) is 0 Å². The summed E-state index contributed by atoms with van der Waals surface area (Å²) in [5.74, 6) is -2.00. The standard InChI is InChI=1S/C4H4O4/c5-3-1-7-4(6)2-8-3/h1-2H2/i1D,2D. The van der Waals surface area contributed by atoms with Crippen molar-refractivity contribution in [2.24, 2.45) is 0 Å². The molecule has 2 atom stereocenters. The van der Waals surface area contributed by atoms with Crippen molar-refractivity contribution in [2.75, 3.05) is 13.2 Å². The van der Waals surface area contributed by atoms with Gasteiger partial charge in [-0.15, -0.1) is 0 Å². The number of esters is 2. The maximum Gasteiger partial charge on any atom is 0.344 e. The van der Waals surface area contributed by atoms with Crippen LogP contribution < -0.4 is 0 Å². The molecular formula is C4H4O4. The first-order chi connectivity index (χ1) is 4.61. The zero-order chi connectivity index (χ0) is 7.72. The van der Waals surface area contributed by atoms with E-state index in [1.807, 2.05) is 0 Å². The van der Waals surface area contributed by atoms with Crippen LogP contribution in [0.2, 0.25) is 0 Å². The van der Waals surface area contributed by atoms with Crippen LogP contribution in [0.25, 0.3) is 0 Å². The number of rotatable bonds is 0. The highest BCUT2D eigenvalue weighted by atomic mass is 16.6. The summed E-state index contributed by atoms with van der Waals surface area (Å²) < 4.78 is 21.5. The summed E-state index contributed by atoms with van der Waals surface area (Å²) in [5, 5.41) is 0. The van der Waals surface area contributed by atoms with Crippen molar-refractivity contribution in [2.45, 2.75) is 0 Å². The summed E-state index contributed by atoms with van der Waals surface area (Å²) in [6.45, 7) is -3.23. The molecule has 0 aromatic heterocycles. The van der Waals surface area contributed by atoms with Gasteiger partial charge in [-0.2, -0.15) is 0 Å². The number of hydrogen-bond acceptors (Lipinski definition) is 4. The smallest absolute Gasteiger partial charge is 0.344 e. The van der Waals surface area contributed by atoms with Gasteiger partial charge in [0.1, 0.15) is 0 Å². The average Bonchev–Trinajstić information content (AvgIpc) is 1.84. The van der Waals surface area contributed by atoms with E-state index in [1.165, 1.54) is 0 Å². The first-order valence-electron chi connectivity index (χ1n) is 3.02. The normalized spacial score (nSPS) is 41.5. The summed E-state index contributed by atoms with van der Waals surface area (Å²) in [5.41, 5.74) is 0. The Bertz CT molecular complexity index is 160. The SMILES string of the molecule is [2H]C1OC(=O)C([2H])OC1=O. The lowest BCUT2D eigenvalue weighted by Crippen LogP contribution is -2.27. The lowest BCUT2D eigenvalue weighted by Gasteiger charge is -2.09.